The fourth-order valence-electron chi connectivity index (χ4n) is 2.76. The van der Waals surface area contributed by atoms with Crippen LogP contribution in [-0.4, -0.2) is 36.5 Å². The van der Waals surface area contributed by atoms with Crippen molar-refractivity contribution in [3.63, 3.8) is 0 Å². The molecular formula is C18H27IN2O3. The predicted molar refractivity (Wildman–Crippen MR) is 103 cm³/mol. The van der Waals surface area contributed by atoms with Crippen molar-refractivity contribution < 1.29 is 14.3 Å². The molecule has 24 heavy (non-hydrogen) atoms. The van der Waals surface area contributed by atoms with Crippen LogP contribution in [0.2, 0.25) is 0 Å². The quantitative estimate of drug-likeness (QED) is 0.658. The lowest BCUT2D eigenvalue weighted by molar-refractivity contribution is -0.0438. The van der Waals surface area contributed by atoms with Crippen molar-refractivity contribution in [1.82, 2.24) is 10.6 Å². The van der Waals surface area contributed by atoms with Gasteiger partial charge in [-0.15, -0.1) is 0 Å². The number of carbonyl (C=O) groups is 1. The normalized spacial score (nSPS) is 23.5. The van der Waals surface area contributed by atoms with E-state index in [0.717, 1.165) is 13.0 Å². The zero-order valence-electron chi connectivity index (χ0n) is 14.8. The third-order valence-electron chi connectivity index (χ3n) is 3.83. The number of nitrogens with one attached hydrogen (secondary N) is 2. The van der Waals surface area contributed by atoms with Crippen molar-refractivity contribution in [2.45, 2.75) is 64.4 Å². The van der Waals surface area contributed by atoms with E-state index in [-0.39, 0.29) is 24.3 Å². The molecule has 1 saturated carbocycles. The Morgan fingerprint density at radius 1 is 1.38 bits per heavy atom. The molecule has 1 aromatic carbocycles. The Morgan fingerprint density at radius 2 is 2.12 bits per heavy atom. The highest BCUT2D eigenvalue weighted by molar-refractivity contribution is 14.1. The SMILES string of the molecule is CCOC1CC(NC(=O)OC(C)(C)C)C1NCc1cccc(I)c1. The fraction of sp³-hybridized carbons (Fsp3) is 0.611. The molecule has 2 rings (SSSR count). The smallest absolute Gasteiger partial charge is 0.407 e. The van der Waals surface area contributed by atoms with Crippen LogP contribution < -0.4 is 10.6 Å². The largest absolute Gasteiger partial charge is 0.444 e. The molecule has 0 aliphatic heterocycles. The second kappa shape index (κ2) is 8.49. The van der Waals surface area contributed by atoms with E-state index in [1.54, 1.807) is 0 Å². The van der Waals surface area contributed by atoms with Crippen molar-refractivity contribution in [3.8, 4) is 0 Å². The van der Waals surface area contributed by atoms with E-state index in [1.807, 2.05) is 27.7 Å². The summed E-state index contributed by atoms with van der Waals surface area (Å²) in [6.45, 7) is 9.00. The van der Waals surface area contributed by atoms with Crippen LogP contribution in [0.4, 0.5) is 4.79 Å². The van der Waals surface area contributed by atoms with Crippen LogP contribution in [0.1, 0.15) is 39.7 Å². The molecule has 2 N–H and O–H groups in total. The second-order valence-electron chi connectivity index (χ2n) is 7.02. The Bertz CT molecular complexity index is 559. The molecule has 0 heterocycles. The number of ether oxygens (including phenoxy) is 2. The predicted octanol–water partition coefficient (Wildman–Crippen LogP) is 3.45. The number of alkyl carbamates (subject to hydrolysis) is 1. The van der Waals surface area contributed by atoms with Gasteiger partial charge < -0.3 is 20.1 Å². The van der Waals surface area contributed by atoms with Gasteiger partial charge >= 0.3 is 6.09 Å². The number of amides is 1. The van der Waals surface area contributed by atoms with Crippen LogP contribution in [0, 0.1) is 3.57 Å². The van der Waals surface area contributed by atoms with Gasteiger partial charge in [-0.25, -0.2) is 4.79 Å². The van der Waals surface area contributed by atoms with Crippen LogP contribution in [0.15, 0.2) is 24.3 Å². The summed E-state index contributed by atoms with van der Waals surface area (Å²) < 4.78 is 12.3. The van der Waals surface area contributed by atoms with E-state index in [4.69, 9.17) is 9.47 Å². The Hall–Kier alpha value is -0.860. The van der Waals surface area contributed by atoms with Gasteiger partial charge in [0.05, 0.1) is 18.2 Å². The van der Waals surface area contributed by atoms with E-state index in [9.17, 15) is 4.79 Å². The average molecular weight is 446 g/mol. The topological polar surface area (TPSA) is 59.6 Å². The molecule has 5 nitrogen and oxygen atoms in total. The first kappa shape index (κ1) is 19.5. The summed E-state index contributed by atoms with van der Waals surface area (Å²) in [4.78, 5) is 12.0. The molecule has 1 aliphatic carbocycles. The monoisotopic (exact) mass is 446 g/mol. The first-order valence-electron chi connectivity index (χ1n) is 8.37. The van der Waals surface area contributed by atoms with Crippen LogP contribution in [0.3, 0.4) is 0 Å². The molecule has 0 bridgehead atoms. The highest BCUT2D eigenvalue weighted by Crippen LogP contribution is 2.25. The average Bonchev–Trinajstić information content (AvgIpc) is 2.44. The van der Waals surface area contributed by atoms with Crippen molar-refractivity contribution in [3.05, 3.63) is 33.4 Å². The van der Waals surface area contributed by atoms with Crippen LogP contribution >= 0.6 is 22.6 Å². The molecule has 0 spiro atoms. The van der Waals surface area contributed by atoms with Gasteiger partial charge in [0.15, 0.2) is 0 Å². The van der Waals surface area contributed by atoms with E-state index in [0.29, 0.717) is 6.61 Å². The minimum Gasteiger partial charge on any atom is -0.444 e. The maximum atomic E-state index is 12.0. The summed E-state index contributed by atoms with van der Waals surface area (Å²) in [7, 11) is 0. The van der Waals surface area contributed by atoms with Crippen LogP contribution in [-0.2, 0) is 16.0 Å². The lowest BCUT2D eigenvalue weighted by atomic mass is 9.82. The van der Waals surface area contributed by atoms with E-state index in [1.165, 1.54) is 9.13 Å². The number of halogens is 1. The summed E-state index contributed by atoms with van der Waals surface area (Å²) in [6, 6.07) is 8.49. The molecule has 1 aliphatic rings. The zero-order valence-corrected chi connectivity index (χ0v) is 16.9. The van der Waals surface area contributed by atoms with Gasteiger partial charge in [-0.2, -0.15) is 0 Å². The number of hydrogen-bond acceptors (Lipinski definition) is 4. The summed E-state index contributed by atoms with van der Waals surface area (Å²) in [6.07, 6.45) is 0.554. The van der Waals surface area contributed by atoms with Crippen molar-refractivity contribution in [1.29, 1.82) is 0 Å². The third-order valence-corrected chi connectivity index (χ3v) is 4.51. The van der Waals surface area contributed by atoms with E-state index >= 15 is 0 Å². The van der Waals surface area contributed by atoms with Crippen LogP contribution in [0.5, 0.6) is 0 Å². The Morgan fingerprint density at radius 3 is 2.75 bits per heavy atom. The molecule has 3 unspecified atom stereocenters. The minimum absolute atomic E-state index is 0.0270. The summed E-state index contributed by atoms with van der Waals surface area (Å²) in [5, 5.41) is 6.47. The van der Waals surface area contributed by atoms with E-state index < -0.39 is 5.60 Å². The van der Waals surface area contributed by atoms with Gasteiger partial charge in [0.2, 0.25) is 0 Å². The number of hydrogen-bond donors (Lipinski definition) is 2. The van der Waals surface area contributed by atoms with Gasteiger partial charge in [0.1, 0.15) is 5.60 Å². The Kier molecular flexibility index (Phi) is 6.88. The maximum absolute atomic E-state index is 12.0. The summed E-state index contributed by atoms with van der Waals surface area (Å²) >= 11 is 2.31. The number of rotatable bonds is 6. The second-order valence-corrected chi connectivity index (χ2v) is 8.26. The first-order chi connectivity index (χ1) is 11.3. The van der Waals surface area contributed by atoms with Gasteiger partial charge in [-0.3, -0.25) is 0 Å². The molecule has 0 radical (unpaired) electrons. The van der Waals surface area contributed by atoms with Crippen LogP contribution in [0.25, 0.3) is 0 Å². The lowest BCUT2D eigenvalue weighted by Gasteiger charge is -2.45. The third kappa shape index (κ3) is 5.89. The molecule has 1 fully saturated rings. The molecule has 0 saturated heterocycles. The number of benzene rings is 1. The highest BCUT2D eigenvalue weighted by atomic mass is 127. The number of carbonyl (C=O) groups excluding carboxylic acids is 1. The van der Waals surface area contributed by atoms with Crippen molar-refractivity contribution in [2.24, 2.45) is 0 Å². The summed E-state index contributed by atoms with van der Waals surface area (Å²) in [5.74, 6) is 0. The molecular weight excluding hydrogens is 419 g/mol. The fourth-order valence-corrected chi connectivity index (χ4v) is 3.36. The standard InChI is InChI=1S/C18H27IN2O3/c1-5-23-15-10-14(21-17(22)24-18(2,3)4)16(15)20-11-12-7-6-8-13(19)9-12/h6-9,14-16,20H,5,10-11H2,1-4H3,(H,21,22). The first-order valence-corrected chi connectivity index (χ1v) is 9.45. The molecule has 1 amide bonds. The lowest BCUT2D eigenvalue weighted by Crippen LogP contribution is -2.66. The maximum Gasteiger partial charge on any atom is 0.407 e. The molecule has 0 aromatic heterocycles. The van der Waals surface area contributed by atoms with Gasteiger partial charge in [0.25, 0.3) is 0 Å². The Balaban J connectivity index is 1.90. The minimum atomic E-state index is -0.489. The molecule has 134 valence electrons. The summed E-state index contributed by atoms with van der Waals surface area (Å²) in [5.41, 5.74) is 0.733. The highest BCUT2D eigenvalue weighted by Gasteiger charge is 2.42. The van der Waals surface area contributed by atoms with Gasteiger partial charge in [-0.1, -0.05) is 12.1 Å². The van der Waals surface area contributed by atoms with Gasteiger partial charge in [0, 0.05) is 16.7 Å². The van der Waals surface area contributed by atoms with Crippen molar-refractivity contribution >= 4 is 28.7 Å². The van der Waals surface area contributed by atoms with Crippen molar-refractivity contribution in [2.75, 3.05) is 6.61 Å². The Labute approximate surface area is 158 Å². The zero-order chi connectivity index (χ0) is 17.7. The molecule has 1 aromatic rings. The van der Waals surface area contributed by atoms with Gasteiger partial charge in [-0.05, 0) is 74.4 Å². The molecule has 3 atom stereocenters. The molecule has 6 heteroatoms. The van der Waals surface area contributed by atoms with E-state index in [2.05, 4.69) is 57.5 Å².